The molecule has 0 radical (unpaired) electrons. The van der Waals surface area contributed by atoms with E-state index in [1.54, 1.807) is 13.0 Å². The first-order valence-electron chi connectivity index (χ1n) is 8.99. The van der Waals surface area contributed by atoms with E-state index >= 15 is 0 Å². The Kier molecular flexibility index (Phi) is 4.44. The van der Waals surface area contributed by atoms with Gasteiger partial charge in [0.05, 0.1) is 5.69 Å². The van der Waals surface area contributed by atoms with Crippen LogP contribution in [0.3, 0.4) is 0 Å². The molecular formula is C19H24N4O2. The number of aryl methyl sites for hydroxylation is 1. The molecule has 25 heavy (non-hydrogen) atoms. The first-order chi connectivity index (χ1) is 12.2. The van der Waals surface area contributed by atoms with Crippen molar-refractivity contribution in [1.82, 2.24) is 10.1 Å². The number of aromatic nitrogens is 1. The van der Waals surface area contributed by atoms with Crippen molar-refractivity contribution < 1.29 is 9.32 Å². The Labute approximate surface area is 147 Å². The van der Waals surface area contributed by atoms with Crippen molar-refractivity contribution in [2.24, 2.45) is 5.92 Å². The second kappa shape index (κ2) is 6.88. The predicted molar refractivity (Wildman–Crippen MR) is 97.0 cm³/mol. The number of hydrogen-bond acceptors (Lipinski definition) is 5. The minimum Gasteiger partial charge on any atom is -0.369 e. The van der Waals surface area contributed by atoms with Crippen LogP contribution in [0.1, 0.15) is 29.1 Å². The van der Waals surface area contributed by atoms with Gasteiger partial charge in [-0.1, -0.05) is 11.2 Å². The topological polar surface area (TPSA) is 61.6 Å². The number of carbonyl (C=O) groups excluding carboxylic acids is 1. The molecule has 0 unspecified atom stereocenters. The number of piperazine rings is 1. The smallest absolute Gasteiger partial charge is 0.294 e. The number of amides is 1. The lowest BCUT2D eigenvalue weighted by Crippen LogP contribution is -2.47. The molecule has 1 aromatic carbocycles. The fraction of sp³-hybridized carbons (Fsp3) is 0.474. The number of nitrogens with zero attached hydrogens (tertiary/aromatic N) is 3. The van der Waals surface area contributed by atoms with Gasteiger partial charge < -0.3 is 14.7 Å². The van der Waals surface area contributed by atoms with E-state index in [9.17, 15) is 4.79 Å². The average molecular weight is 340 g/mol. The van der Waals surface area contributed by atoms with Crippen LogP contribution < -0.4 is 10.2 Å². The van der Waals surface area contributed by atoms with E-state index in [0.717, 1.165) is 43.5 Å². The number of carbonyl (C=O) groups is 1. The third-order valence-electron chi connectivity index (χ3n) is 4.91. The third kappa shape index (κ3) is 4.02. The molecular weight excluding hydrogens is 316 g/mol. The SMILES string of the molecule is Cc1cc(C(=O)Nc2cccc(N3CCN(CC4CC4)CC3)c2)on1. The fourth-order valence-corrected chi connectivity index (χ4v) is 3.30. The van der Waals surface area contributed by atoms with Crippen molar-refractivity contribution in [3.63, 3.8) is 0 Å². The number of rotatable bonds is 5. The highest BCUT2D eigenvalue weighted by Gasteiger charge is 2.26. The maximum Gasteiger partial charge on any atom is 0.294 e. The Morgan fingerprint density at radius 1 is 1.24 bits per heavy atom. The van der Waals surface area contributed by atoms with E-state index in [4.69, 9.17) is 4.52 Å². The molecule has 2 fully saturated rings. The monoisotopic (exact) mass is 340 g/mol. The summed E-state index contributed by atoms with van der Waals surface area (Å²) in [6.45, 7) is 7.36. The van der Waals surface area contributed by atoms with E-state index in [1.807, 2.05) is 18.2 Å². The normalized spacial score (nSPS) is 18.4. The minimum absolute atomic E-state index is 0.233. The summed E-state index contributed by atoms with van der Waals surface area (Å²) in [5, 5.41) is 6.64. The zero-order chi connectivity index (χ0) is 17.2. The van der Waals surface area contributed by atoms with Gasteiger partial charge in [-0.25, -0.2) is 0 Å². The molecule has 0 bridgehead atoms. The molecule has 2 heterocycles. The van der Waals surface area contributed by atoms with Crippen LogP contribution in [-0.2, 0) is 0 Å². The lowest BCUT2D eigenvalue weighted by atomic mass is 10.2. The number of nitrogens with one attached hydrogen (secondary N) is 1. The number of hydrogen-bond donors (Lipinski definition) is 1. The van der Waals surface area contributed by atoms with Gasteiger partial charge in [0.2, 0.25) is 5.76 Å². The van der Waals surface area contributed by atoms with E-state index < -0.39 is 0 Å². The maximum atomic E-state index is 12.2. The van der Waals surface area contributed by atoms with Gasteiger partial charge in [-0.15, -0.1) is 0 Å². The number of benzene rings is 1. The van der Waals surface area contributed by atoms with Crippen LogP contribution in [0.25, 0.3) is 0 Å². The average Bonchev–Trinajstić information content (AvgIpc) is 3.33. The van der Waals surface area contributed by atoms with Gasteiger partial charge in [0.1, 0.15) is 0 Å². The standard InChI is InChI=1S/C19H24N4O2/c1-14-11-18(25-21-14)19(24)20-16-3-2-4-17(12-16)23-9-7-22(8-10-23)13-15-5-6-15/h2-4,11-12,15H,5-10,13H2,1H3,(H,20,24). The molecule has 1 amide bonds. The zero-order valence-corrected chi connectivity index (χ0v) is 14.6. The Bertz CT molecular complexity index is 745. The lowest BCUT2D eigenvalue weighted by molar-refractivity contribution is 0.0988. The van der Waals surface area contributed by atoms with Gasteiger partial charge in [0, 0.05) is 50.2 Å². The van der Waals surface area contributed by atoms with Crippen molar-refractivity contribution in [3.8, 4) is 0 Å². The second-order valence-corrected chi connectivity index (χ2v) is 7.07. The van der Waals surface area contributed by atoms with Gasteiger partial charge in [0.25, 0.3) is 5.91 Å². The molecule has 0 atom stereocenters. The van der Waals surface area contributed by atoms with Crippen molar-refractivity contribution >= 4 is 17.3 Å². The molecule has 1 aliphatic heterocycles. The molecule has 4 rings (SSSR count). The Morgan fingerprint density at radius 3 is 2.72 bits per heavy atom. The van der Waals surface area contributed by atoms with Crippen LogP contribution in [0.2, 0.25) is 0 Å². The third-order valence-corrected chi connectivity index (χ3v) is 4.91. The van der Waals surface area contributed by atoms with Gasteiger partial charge in [0.15, 0.2) is 0 Å². The van der Waals surface area contributed by atoms with Crippen molar-refractivity contribution in [2.75, 3.05) is 42.9 Å². The van der Waals surface area contributed by atoms with Gasteiger partial charge in [-0.2, -0.15) is 0 Å². The highest BCUT2D eigenvalue weighted by Crippen LogP contribution is 2.30. The van der Waals surface area contributed by atoms with E-state index in [1.165, 1.54) is 19.4 Å². The first-order valence-corrected chi connectivity index (χ1v) is 8.99. The van der Waals surface area contributed by atoms with Gasteiger partial charge in [-0.3, -0.25) is 9.69 Å². The molecule has 6 heteroatoms. The molecule has 1 N–H and O–H groups in total. The van der Waals surface area contributed by atoms with Crippen molar-refractivity contribution in [2.45, 2.75) is 19.8 Å². The summed E-state index contributed by atoms with van der Waals surface area (Å²) in [6, 6.07) is 9.64. The second-order valence-electron chi connectivity index (χ2n) is 7.07. The van der Waals surface area contributed by atoms with Crippen molar-refractivity contribution in [3.05, 3.63) is 41.8 Å². The van der Waals surface area contributed by atoms with Crippen molar-refractivity contribution in [1.29, 1.82) is 0 Å². The molecule has 0 spiro atoms. The van der Waals surface area contributed by atoms with Crippen LogP contribution in [0.15, 0.2) is 34.9 Å². The van der Waals surface area contributed by atoms with E-state index in [-0.39, 0.29) is 11.7 Å². The van der Waals surface area contributed by atoms with Crippen LogP contribution in [0.5, 0.6) is 0 Å². The molecule has 2 aromatic rings. The predicted octanol–water partition coefficient (Wildman–Crippen LogP) is 2.77. The molecule has 6 nitrogen and oxygen atoms in total. The minimum atomic E-state index is -0.271. The van der Waals surface area contributed by atoms with Crippen LogP contribution in [0.4, 0.5) is 11.4 Å². The Morgan fingerprint density at radius 2 is 2.04 bits per heavy atom. The lowest BCUT2D eigenvalue weighted by Gasteiger charge is -2.36. The molecule has 2 aliphatic rings. The Hall–Kier alpha value is -2.34. The van der Waals surface area contributed by atoms with E-state index in [0.29, 0.717) is 5.69 Å². The highest BCUT2D eigenvalue weighted by atomic mass is 16.5. The van der Waals surface area contributed by atoms with Gasteiger partial charge in [-0.05, 0) is 43.9 Å². The quantitative estimate of drug-likeness (QED) is 0.907. The zero-order valence-electron chi connectivity index (χ0n) is 14.6. The molecule has 1 saturated heterocycles. The first kappa shape index (κ1) is 16.1. The number of anilines is 2. The summed E-state index contributed by atoms with van der Waals surface area (Å²) < 4.78 is 5.02. The molecule has 132 valence electrons. The summed E-state index contributed by atoms with van der Waals surface area (Å²) >= 11 is 0. The van der Waals surface area contributed by atoms with Crippen LogP contribution in [-0.4, -0.2) is 48.7 Å². The Balaban J connectivity index is 1.37. The van der Waals surface area contributed by atoms with E-state index in [2.05, 4.69) is 26.3 Å². The van der Waals surface area contributed by atoms with Crippen LogP contribution in [0, 0.1) is 12.8 Å². The molecule has 1 saturated carbocycles. The fourth-order valence-electron chi connectivity index (χ4n) is 3.30. The largest absolute Gasteiger partial charge is 0.369 e. The highest BCUT2D eigenvalue weighted by molar-refractivity contribution is 6.02. The summed E-state index contributed by atoms with van der Waals surface area (Å²) in [5.41, 5.74) is 2.62. The summed E-state index contributed by atoms with van der Waals surface area (Å²) in [6.07, 6.45) is 2.82. The summed E-state index contributed by atoms with van der Waals surface area (Å²) in [7, 11) is 0. The summed E-state index contributed by atoms with van der Waals surface area (Å²) in [4.78, 5) is 17.2. The van der Waals surface area contributed by atoms with Crippen LogP contribution >= 0.6 is 0 Å². The summed E-state index contributed by atoms with van der Waals surface area (Å²) in [5.74, 6) is 0.911. The molecule has 1 aromatic heterocycles. The van der Waals surface area contributed by atoms with Gasteiger partial charge >= 0.3 is 0 Å². The maximum absolute atomic E-state index is 12.2. The molecule has 1 aliphatic carbocycles.